The number of hydrogen-bond acceptors (Lipinski definition) is 3. The van der Waals surface area contributed by atoms with Crippen LogP contribution in [0, 0.1) is 0 Å². The summed E-state index contributed by atoms with van der Waals surface area (Å²) in [6.45, 7) is 0.841. The number of likely N-dealkylation sites (tertiary alicyclic amines) is 1. The Morgan fingerprint density at radius 1 is 1.12 bits per heavy atom. The fourth-order valence-corrected chi connectivity index (χ4v) is 2.91. The third kappa shape index (κ3) is 3.56. The molecule has 1 fully saturated rings. The van der Waals surface area contributed by atoms with E-state index in [1.54, 1.807) is 18.2 Å². The Morgan fingerprint density at radius 3 is 2.67 bits per heavy atom. The van der Waals surface area contributed by atoms with Crippen LogP contribution < -0.4 is 4.74 Å². The summed E-state index contributed by atoms with van der Waals surface area (Å²) in [7, 11) is 0. The highest BCUT2D eigenvalue weighted by molar-refractivity contribution is 5.97. The molecule has 1 amide bonds. The molecule has 1 N–H and O–H groups in total. The van der Waals surface area contributed by atoms with Crippen LogP contribution in [-0.2, 0) is 11.4 Å². The smallest absolute Gasteiger partial charge is 0.326 e. The van der Waals surface area contributed by atoms with Gasteiger partial charge in [-0.05, 0) is 42.7 Å². The average molecular weight is 325 g/mol. The van der Waals surface area contributed by atoms with Gasteiger partial charge in [0.1, 0.15) is 18.4 Å². The van der Waals surface area contributed by atoms with Crippen molar-refractivity contribution < 1.29 is 19.4 Å². The van der Waals surface area contributed by atoms with E-state index in [1.165, 1.54) is 4.90 Å². The number of hydrogen-bond donors (Lipinski definition) is 1. The highest BCUT2D eigenvalue weighted by Gasteiger charge is 2.34. The van der Waals surface area contributed by atoms with E-state index in [4.69, 9.17) is 4.74 Å². The summed E-state index contributed by atoms with van der Waals surface area (Å²) >= 11 is 0. The Labute approximate surface area is 140 Å². The molecular weight excluding hydrogens is 306 g/mol. The van der Waals surface area contributed by atoms with Crippen LogP contribution in [0.4, 0.5) is 0 Å². The van der Waals surface area contributed by atoms with Crippen LogP contribution in [-0.4, -0.2) is 34.5 Å². The van der Waals surface area contributed by atoms with Crippen LogP contribution in [0.15, 0.2) is 54.6 Å². The van der Waals surface area contributed by atoms with Crippen molar-refractivity contribution in [3.8, 4) is 5.75 Å². The Morgan fingerprint density at radius 2 is 1.92 bits per heavy atom. The van der Waals surface area contributed by atoms with Gasteiger partial charge >= 0.3 is 5.97 Å². The number of carboxylic acids is 1. The fraction of sp³-hybridized carbons (Fsp3) is 0.263. The number of rotatable bonds is 5. The molecule has 1 aliphatic rings. The molecule has 0 saturated carbocycles. The predicted molar refractivity (Wildman–Crippen MR) is 88.9 cm³/mol. The Bertz CT molecular complexity index is 729. The van der Waals surface area contributed by atoms with Crippen molar-refractivity contribution in [2.75, 3.05) is 6.54 Å². The molecule has 2 aromatic rings. The normalized spacial score (nSPS) is 16.8. The van der Waals surface area contributed by atoms with Crippen LogP contribution in [0.25, 0.3) is 0 Å². The van der Waals surface area contributed by atoms with E-state index in [0.29, 0.717) is 25.1 Å². The molecule has 1 aliphatic heterocycles. The molecule has 1 saturated heterocycles. The maximum atomic E-state index is 12.6. The molecule has 0 aromatic heterocycles. The minimum Gasteiger partial charge on any atom is -0.489 e. The van der Waals surface area contributed by atoms with Crippen molar-refractivity contribution >= 4 is 11.9 Å². The number of nitrogens with zero attached hydrogens (tertiary/aromatic N) is 1. The van der Waals surface area contributed by atoms with E-state index in [1.807, 2.05) is 36.4 Å². The van der Waals surface area contributed by atoms with Crippen molar-refractivity contribution in [3.63, 3.8) is 0 Å². The van der Waals surface area contributed by atoms with Gasteiger partial charge in [-0.25, -0.2) is 4.79 Å². The summed E-state index contributed by atoms with van der Waals surface area (Å²) < 4.78 is 5.69. The van der Waals surface area contributed by atoms with E-state index < -0.39 is 12.0 Å². The molecule has 0 aliphatic carbocycles. The highest BCUT2D eigenvalue weighted by Crippen LogP contribution is 2.21. The molecule has 1 heterocycles. The van der Waals surface area contributed by atoms with E-state index in [0.717, 1.165) is 17.7 Å². The largest absolute Gasteiger partial charge is 0.489 e. The third-order valence-corrected chi connectivity index (χ3v) is 4.12. The second-order valence-electron chi connectivity index (χ2n) is 5.80. The molecule has 5 nitrogen and oxygen atoms in total. The Hall–Kier alpha value is -2.82. The highest BCUT2D eigenvalue weighted by atomic mass is 16.5. The predicted octanol–water partition coefficient (Wildman–Crippen LogP) is 2.95. The van der Waals surface area contributed by atoms with Gasteiger partial charge in [-0.3, -0.25) is 4.79 Å². The quantitative estimate of drug-likeness (QED) is 0.918. The summed E-state index contributed by atoms with van der Waals surface area (Å²) in [5.41, 5.74) is 1.37. The van der Waals surface area contributed by atoms with E-state index in [2.05, 4.69) is 0 Å². The minimum atomic E-state index is -0.940. The second-order valence-corrected chi connectivity index (χ2v) is 5.80. The summed E-state index contributed by atoms with van der Waals surface area (Å²) in [5.74, 6) is -0.411. The van der Waals surface area contributed by atoms with Gasteiger partial charge < -0.3 is 14.7 Å². The maximum Gasteiger partial charge on any atom is 0.326 e. The van der Waals surface area contributed by atoms with Crippen molar-refractivity contribution in [1.29, 1.82) is 0 Å². The number of aliphatic carboxylic acids is 1. The van der Waals surface area contributed by atoms with Gasteiger partial charge in [-0.1, -0.05) is 30.3 Å². The van der Waals surface area contributed by atoms with Crippen molar-refractivity contribution in [2.45, 2.75) is 25.5 Å². The zero-order chi connectivity index (χ0) is 16.9. The van der Waals surface area contributed by atoms with Gasteiger partial charge in [0, 0.05) is 12.1 Å². The van der Waals surface area contributed by atoms with Crippen molar-refractivity contribution in [2.24, 2.45) is 0 Å². The van der Waals surface area contributed by atoms with E-state index >= 15 is 0 Å². The summed E-state index contributed by atoms with van der Waals surface area (Å²) in [6.07, 6.45) is 1.23. The van der Waals surface area contributed by atoms with Crippen LogP contribution in [0.5, 0.6) is 5.75 Å². The fourth-order valence-electron chi connectivity index (χ4n) is 2.91. The Kier molecular flexibility index (Phi) is 4.79. The zero-order valence-corrected chi connectivity index (χ0v) is 13.2. The lowest BCUT2D eigenvalue weighted by atomic mass is 10.1. The molecule has 1 unspecified atom stereocenters. The SMILES string of the molecule is O=C(O)C1CCCN1C(=O)c1cccc(COc2ccccc2)c1. The van der Waals surface area contributed by atoms with Gasteiger partial charge in [-0.15, -0.1) is 0 Å². The first-order chi connectivity index (χ1) is 11.6. The number of amides is 1. The Balaban J connectivity index is 1.70. The lowest BCUT2D eigenvalue weighted by Crippen LogP contribution is -2.40. The lowest BCUT2D eigenvalue weighted by molar-refractivity contribution is -0.141. The van der Waals surface area contributed by atoms with Gasteiger partial charge in [0.05, 0.1) is 0 Å². The summed E-state index contributed by atoms with van der Waals surface area (Å²) in [6, 6.07) is 15.9. The first kappa shape index (κ1) is 16.1. The monoisotopic (exact) mass is 325 g/mol. The number of para-hydroxylation sites is 1. The minimum absolute atomic E-state index is 0.235. The summed E-state index contributed by atoms with van der Waals surface area (Å²) in [5, 5.41) is 9.23. The molecule has 124 valence electrons. The van der Waals surface area contributed by atoms with Gasteiger partial charge in [0.25, 0.3) is 5.91 Å². The lowest BCUT2D eigenvalue weighted by Gasteiger charge is -2.21. The standard InChI is InChI=1S/C19H19NO4/c21-18(20-11-5-10-17(20)19(22)23)15-7-4-6-14(12-15)13-24-16-8-2-1-3-9-16/h1-4,6-9,12,17H,5,10-11,13H2,(H,22,23). The number of carbonyl (C=O) groups is 2. The van der Waals surface area contributed by atoms with Crippen LogP contribution in [0.3, 0.4) is 0 Å². The molecule has 1 atom stereocenters. The number of carboxylic acid groups (broad SMARTS) is 1. The zero-order valence-electron chi connectivity index (χ0n) is 13.2. The molecule has 0 radical (unpaired) electrons. The molecule has 0 bridgehead atoms. The van der Waals surface area contributed by atoms with Crippen LogP contribution >= 0.6 is 0 Å². The van der Waals surface area contributed by atoms with Gasteiger partial charge in [0.2, 0.25) is 0 Å². The average Bonchev–Trinajstić information content (AvgIpc) is 3.10. The molecule has 3 rings (SSSR count). The molecule has 2 aromatic carbocycles. The first-order valence-corrected chi connectivity index (χ1v) is 7.96. The first-order valence-electron chi connectivity index (χ1n) is 7.96. The molecule has 5 heteroatoms. The maximum absolute atomic E-state index is 12.6. The second kappa shape index (κ2) is 7.17. The van der Waals surface area contributed by atoms with Gasteiger partial charge in [-0.2, -0.15) is 0 Å². The van der Waals surface area contributed by atoms with E-state index in [9.17, 15) is 14.7 Å². The summed E-state index contributed by atoms with van der Waals surface area (Å²) in [4.78, 5) is 25.3. The molecule has 24 heavy (non-hydrogen) atoms. The van der Waals surface area contributed by atoms with Crippen molar-refractivity contribution in [3.05, 3.63) is 65.7 Å². The topological polar surface area (TPSA) is 66.8 Å². The number of carbonyl (C=O) groups excluding carboxylic acids is 1. The number of ether oxygens (including phenoxy) is 1. The van der Waals surface area contributed by atoms with Gasteiger partial charge in [0.15, 0.2) is 0 Å². The van der Waals surface area contributed by atoms with Crippen LogP contribution in [0.1, 0.15) is 28.8 Å². The molecule has 0 spiro atoms. The van der Waals surface area contributed by atoms with Crippen LogP contribution in [0.2, 0.25) is 0 Å². The van der Waals surface area contributed by atoms with Crippen molar-refractivity contribution in [1.82, 2.24) is 4.90 Å². The molecular formula is C19H19NO4. The number of benzene rings is 2. The van der Waals surface area contributed by atoms with E-state index in [-0.39, 0.29) is 5.91 Å². The third-order valence-electron chi connectivity index (χ3n) is 4.12.